The van der Waals surface area contributed by atoms with E-state index in [9.17, 15) is 4.79 Å². The summed E-state index contributed by atoms with van der Waals surface area (Å²) in [5, 5.41) is 0. The van der Waals surface area contributed by atoms with Crippen LogP contribution in [0.25, 0.3) is 0 Å². The molecule has 0 radical (unpaired) electrons. The van der Waals surface area contributed by atoms with Crippen molar-refractivity contribution >= 4 is 5.97 Å². The van der Waals surface area contributed by atoms with Crippen LogP contribution in [0.1, 0.15) is 34.6 Å². The Morgan fingerprint density at radius 1 is 1.27 bits per heavy atom. The first-order valence-electron chi connectivity index (χ1n) is 7.94. The molecule has 1 aliphatic rings. The summed E-state index contributed by atoms with van der Waals surface area (Å²) in [5.74, 6) is 0.875. The van der Waals surface area contributed by atoms with Crippen LogP contribution in [-0.2, 0) is 9.53 Å². The standard InChI is InChI=1S/C18H27NO3/c1-13(2)19-11-14(12-21-15-9-7-6-8-10-15)16(19)17(20)22-18(3,4)5/h6-10,13-14,16H,11-12H2,1-5H3. The zero-order valence-corrected chi connectivity index (χ0v) is 14.2. The maximum absolute atomic E-state index is 12.5. The Balaban J connectivity index is 1.97. The Hall–Kier alpha value is -1.55. The SMILES string of the molecule is CC(C)N1CC(COc2ccccc2)C1C(=O)OC(C)(C)C. The van der Waals surface area contributed by atoms with E-state index < -0.39 is 5.60 Å². The van der Waals surface area contributed by atoms with Gasteiger partial charge >= 0.3 is 5.97 Å². The quantitative estimate of drug-likeness (QED) is 0.784. The third kappa shape index (κ3) is 4.23. The Morgan fingerprint density at radius 3 is 2.45 bits per heavy atom. The third-order valence-electron chi connectivity index (χ3n) is 3.77. The van der Waals surface area contributed by atoms with Gasteiger partial charge in [-0.1, -0.05) is 18.2 Å². The monoisotopic (exact) mass is 305 g/mol. The highest BCUT2D eigenvalue weighted by molar-refractivity contribution is 5.78. The molecule has 4 heteroatoms. The summed E-state index contributed by atoms with van der Waals surface area (Å²) in [6.45, 7) is 11.3. The van der Waals surface area contributed by atoms with Gasteiger partial charge in [0.15, 0.2) is 0 Å². The Bertz CT molecular complexity index is 493. The van der Waals surface area contributed by atoms with Crippen LogP contribution in [0.2, 0.25) is 0 Å². The number of esters is 1. The number of carbonyl (C=O) groups is 1. The number of hydrogen-bond acceptors (Lipinski definition) is 4. The number of para-hydroxylation sites is 1. The summed E-state index contributed by atoms with van der Waals surface area (Å²) in [5.41, 5.74) is -0.458. The van der Waals surface area contributed by atoms with E-state index in [1.807, 2.05) is 51.1 Å². The first kappa shape index (κ1) is 16.8. The lowest BCUT2D eigenvalue weighted by Gasteiger charge is -2.49. The van der Waals surface area contributed by atoms with E-state index in [2.05, 4.69) is 18.7 Å². The maximum atomic E-state index is 12.5. The first-order valence-corrected chi connectivity index (χ1v) is 7.94. The van der Waals surface area contributed by atoms with Crippen LogP contribution in [-0.4, -0.2) is 41.7 Å². The number of likely N-dealkylation sites (tertiary alicyclic amines) is 1. The molecule has 1 aliphatic heterocycles. The van der Waals surface area contributed by atoms with Crippen LogP contribution in [0, 0.1) is 5.92 Å². The fraction of sp³-hybridized carbons (Fsp3) is 0.611. The molecule has 0 aliphatic carbocycles. The number of carbonyl (C=O) groups excluding carboxylic acids is 1. The van der Waals surface area contributed by atoms with E-state index in [0.717, 1.165) is 12.3 Å². The average Bonchev–Trinajstić information content (AvgIpc) is 2.35. The molecule has 4 nitrogen and oxygen atoms in total. The van der Waals surface area contributed by atoms with Gasteiger partial charge in [-0.3, -0.25) is 9.69 Å². The van der Waals surface area contributed by atoms with Crippen molar-refractivity contribution in [2.75, 3.05) is 13.2 Å². The van der Waals surface area contributed by atoms with Crippen molar-refractivity contribution in [1.29, 1.82) is 0 Å². The normalized spacial score (nSPS) is 22.3. The molecule has 1 aromatic rings. The van der Waals surface area contributed by atoms with E-state index in [-0.39, 0.29) is 17.9 Å². The van der Waals surface area contributed by atoms with Gasteiger partial charge in [-0.05, 0) is 46.8 Å². The number of hydrogen-bond donors (Lipinski definition) is 0. The number of nitrogens with zero attached hydrogens (tertiary/aromatic N) is 1. The van der Waals surface area contributed by atoms with Crippen molar-refractivity contribution in [3.05, 3.63) is 30.3 Å². The molecule has 1 heterocycles. The van der Waals surface area contributed by atoms with Gasteiger partial charge in [-0.2, -0.15) is 0 Å². The smallest absolute Gasteiger partial charge is 0.324 e. The van der Waals surface area contributed by atoms with Gasteiger partial charge in [0.1, 0.15) is 17.4 Å². The molecule has 0 aromatic heterocycles. The highest BCUT2D eigenvalue weighted by Crippen LogP contribution is 2.30. The molecular weight excluding hydrogens is 278 g/mol. The minimum atomic E-state index is -0.458. The highest BCUT2D eigenvalue weighted by atomic mass is 16.6. The maximum Gasteiger partial charge on any atom is 0.324 e. The predicted molar refractivity (Wildman–Crippen MR) is 86.9 cm³/mol. The molecule has 0 N–H and O–H groups in total. The van der Waals surface area contributed by atoms with Crippen molar-refractivity contribution in [3.63, 3.8) is 0 Å². The minimum absolute atomic E-state index is 0.144. The molecule has 1 aromatic carbocycles. The van der Waals surface area contributed by atoms with Gasteiger partial charge < -0.3 is 9.47 Å². The molecule has 2 unspecified atom stereocenters. The second kappa shape index (κ2) is 6.69. The lowest BCUT2D eigenvalue weighted by atomic mass is 9.87. The van der Waals surface area contributed by atoms with Crippen LogP contribution >= 0.6 is 0 Å². The second-order valence-corrected chi connectivity index (χ2v) is 7.15. The Morgan fingerprint density at radius 2 is 1.91 bits per heavy atom. The van der Waals surface area contributed by atoms with Crippen LogP contribution in [0.4, 0.5) is 0 Å². The second-order valence-electron chi connectivity index (χ2n) is 7.15. The first-order chi connectivity index (χ1) is 10.3. The fourth-order valence-corrected chi connectivity index (χ4v) is 2.70. The number of benzene rings is 1. The van der Waals surface area contributed by atoms with Gasteiger partial charge in [0, 0.05) is 18.5 Å². The van der Waals surface area contributed by atoms with Crippen LogP contribution < -0.4 is 4.74 Å². The van der Waals surface area contributed by atoms with E-state index in [0.29, 0.717) is 12.6 Å². The van der Waals surface area contributed by atoms with Crippen molar-refractivity contribution < 1.29 is 14.3 Å². The largest absolute Gasteiger partial charge is 0.493 e. The van der Waals surface area contributed by atoms with Crippen LogP contribution in [0.3, 0.4) is 0 Å². The molecule has 2 rings (SSSR count). The van der Waals surface area contributed by atoms with Gasteiger partial charge in [-0.15, -0.1) is 0 Å². The molecule has 0 amide bonds. The Labute approximate surface area is 133 Å². The zero-order chi connectivity index (χ0) is 16.3. The third-order valence-corrected chi connectivity index (χ3v) is 3.77. The van der Waals surface area contributed by atoms with E-state index >= 15 is 0 Å². The van der Waals surface area contributed by atoms with E-state index in [1.165, 1.54) is 0 Å². The predicted octanol–water partition coefficient (Wildman–Crippen LogP) is 3.12. The van der Waals surface area contributed by atoms with Gasteiger partial charge in [-0.25, -0.2) is 0 Å². The fourth-order valence-electron chi connectivity index (χ4n) is 2.70. The molecule has 2 atom stereocenters. The van der Waals surface area contributed by atoms with E-state index in [4.69, 9.17) is 9.47 Å². The summed E-state index contributed by atoms with van der Waals surface area (Å²) in [6.07, 6.45) is 0. The number of ether oxygens (including phenoxy) is 2. The van der Waals surface area contributed by atoms with Crippen molar-refractivity contribution in [2.24, 2.45) is 5.92 Å². The molecule has 122 valence electrons. The lowest BCUT2D eigenvalue weighted by molar-refractivity contribution is -0.175. The average molecular weight is 305 g/mol. The molecule has 22 heavy (non-hydrogen) atoms. The summed E-state index contributed by atoms with van der Waals surface area (Å²) < 4.78 is 11.4. The topological polar surface area (TPSA) is 38.8 Å². The highest BCUT2D eigenvalue weighted by Gasteiger charge is 2.47. The van der Waals surface area contributed by atoms with Gasteiger partial charge in [0.05, 0.1) is 6.61 Å². The summed E-state index contributed by atoms with van der Waals surface area (Å²) in [7, 11) is 0. The molecule has 0 saturated carbocycles. The van der Waals surface area contributed by atoms with Gasteiger partial charge in [0.25, 0.3) is 0 Å². The lowest BCUT2D eigenvalue weighted by Crippen LogP contribution is -2.64. The van der Waals surface area contributed by atoms with Crippen molar-refractivity contribution in [3.8, 4) is 5.75 Å². The van der Waals surface area contributed by atoms with Gasteiger partial charge in [0.2, 0.25) is 0 Å². The van der Waals surface area contributed by atoms with Crippen LogP contribution in [0.5, 0.6) is 5.75 Å². The Kier molecular flexibility index (Phi) is 5.12. The molecule has 0 spiro atoms. The zero-order valence-electron chi connectivity index (χ0n) is 14.2. The summed E-state index contributed by atoms with van der Waals surface area (Å²) in [4.78, 5) is 14.6. The van der Waals surface area contributed by atoms with E-state index in [1.54, 1.807) is 0 Å². The summed E-state index contributed by atoms with van der Waals surface area (Å²) >= 11 is 0. The van der Waals surface area contributed by atoms with Crippen LogP contribution in [0.15, 0.2) is 30.3 Å². The van der Waals surface area contributed by atoms with Crippen molar-refractivity contribution in [2.45, 2.75) is 52.3 Å². The minimum Gasteiger partial charge on any atom is -0.493 e. The molecular formula is C18H27NO3. The van der Waals surface area contributed by atoms with Crippen molar-refractivity contribution in [1.82, 2.24) is 4.90 Å². The number of rotatable bonds is 5. The summed E-state index contributed by atoms with van der Waals surface area (Å²) in [6, 6.07) is 9.83. The molecule has 1 fully saturated rings. The molecule has 1 saturated heterocycles. The molecule has 0 bridgehead atoms.